The Morgan fingerprint density at radius 3 is 2.79 bits per heavy atom. The van der Waals surface area contributed by atoms with Crippen molar-refractivity contribution in [1.82, 2.24) is 5.32 Å². The summed E-state index contributed by atoms with van der Waals surface area (Å²) in [4.78, 5) is 4.73. The van der Waals surface area contributed by atoms with Crippen molar-refractivity contribution in [3.8, 4) is 0 Å². The van der Waals surface area contributed by atoms with Gasteiger partial charge in [-0.2, -0.15) is 11.8 Å². The molecule has 1 unspecified atom stereocenters. The van der Waals surface area contributed by atoms with Crippen LogP contribution in [0.4, 0.5) is 0 Å². The quantitative estimate of drug-likeness (QED) is 0.806. The van der Waals surface area contributed by atoms with E-state index in [1.165, 1.54) is 0 Å². The van der Waals surface area contributed by atoms with Gasteiger partial charge in [0.05, 0.1) is 6.04 Å². The molecule has 1 atom stereocenters. The Kier molecular flexibility index (Phi) is 4.64. The minimum atomic E-state index is 0.223. The van der Waals surface area contributed by atoms with Gasteiger partial charge in [0.1, 0.15) is 0 Å². The zero-order valence-electron chi connectivity index (χ0n) is 9.46. The zero-order chi connectivity index (χ0) is 10.6. The molecule has 0 aromatic carbocycles. The van der Waals surface area contributed by atoms with Crippen LogP contribution in [0, 0.1) is 0 Å². The molecule has 14 heavy (non-hydrogen) atoms. The van der Waals surface area contributed by atoms with Crippen molar-refractivity contribution in [3.63, 3.8) is 0 Å². The van der Waals surface area contributed by atoms with E-state index >= 15 is 0 Å². The number of hydrogen-bond acceptors (Lipinski definition) is 3. The van der Waals surface area contributed by atoms with E-state index in [4.69, 9.17) is 4.99 Å². The Morgan fingerprint density at radius 2 is 2.36 bits per heavy atom. The van der Waals surface area contributed by atoms with Crippen LogP contribution in [0.25, 0.3) is 0 Å². The first-order valence-corrected chi connectivity index (χ1v) is 7.43. The van der Waals surface area contributed by atoms with Crippen LogP contribution >= 0.6 is 23.5 Å². The molecule has 1 rings (SSSR count). The number of nitrogens with zero attached hydrogens (tertiary/aromatic N) is 1. The lowest BCUT2D eigenvalue weighted by Gasteiger charge is -2.16. The second-order valence-corrected chi connectivity index (χ2v) is 6.12. The molecule has 1 N–H and O–H groups in total. The van der Waals surface area contributed by atoms with Gasteiger partial charge >= 0.3 is 0 Å². The first kappa shape index (κ1) is 12.2. The molecule has 0 aromatic heterocycles. The molecule has 1 heterocycles. The molecule has 1 fully saturated rings. The predicted molar refractivity (Wildman–Crippen MR) is 69.6 cm³/mol. The molecular formula is C10H20N2S2. The van der Waals surface area contributed by atoms with Gasteiger partial charge in [0.2, 0.25) is 0 Å². The van der Waals surface area contributed by atoms with Crippen LogP contribution in [0.5, 0.6) is 0 Å². The Bertz CT molecular complexity index is 214. The van der Waals surface area contributed by atoms with E-state index in [-0.39, 0.29) is 5.54 Å². The highest BCUT2D eigenvalue weighted by Crippen LogP contribution is 2.23. The first-order chi connectivity index (χ1) is 6.57. The molecule has 0 saturated carbocycles. The Hall–Kier alpha value is 0.170. The summed E-state index contributed by atoms with van der Waals surface area (Å²) in [5.74, 6) is 2.25. The van der Waals surface area contributed by atoms with Gasteiger partial charge in [-0.3, -0.25) is 4.99 Å². The lowest BCUT2D eigenvalue weighted by molar-refractivity contribution is 0.534. The highest BCUT2D eigenvalue weighted by Gasteiger charge is 2.27. The second kappa shape index (κ2) is 5.31. The molecule has 1 saturated heterocycles. The fourth-order valence-corrected chi connectivity index (χ4v) is 3.12. The summed E-state index contributed by atoms with van der Waals surface area (Å²) in [5, 5.41) is 4.59. The number of nitrogens with one attached hydrogen (secondary N) is 1. The van der Waals surface area contributed by atoms with Crippen LogP contribution < -0.4 is 5.32 Å². The second-order valence-electron chi connectivity index (χ2n) is 4.25. The zero-order valence-corrected chi connectivity index (χ0v) is 11.1. The van der Waals surface area contributed by atoms with Gasteiger partial charge < -0.3 is 5.32 Å². The third-order valence-corrected chi connectivity index (χ3v) is 4.21. The molecule has 1 aliphatic heterocycles. The first-order valence-electron chi connectivity index (χ1n) is 5.05. The fraction of sp³-hybridized carbons (Fsp3) is 0.900. The summed E-state index contributed by atoms with van der Waals surface area (Å²) in [5.41, 5.74) is 0.223. The van der Waals surface area contributed by atoms with Gasteiger partial charge in [0.15, 0.2) is 5.17 Å². The summed E-state index contributed by atoms with van der Waals surface area (Å²) in [7, 11) is 0. The summed E-state index contributed by atoms with van der Waals surface area (Å²) >= 11 is 3.72. The number of hydrogen-bond donors (Lipinski definition) is 1. The van der Waals surface area contributed by atoms with Crippen LogP contribution in [0.1, 0.15) is 27.2 Å². The fourth-order valence-electron chi connectivity index (χ4n) is 1.28. The van der Waals surface area contributed by atoms with Gasteiger partial charge in [0, 0.05) is 17.0 Å². The van der Waals surface area contributed by atoms with Crippen molar-refractivity contribution in [3.05, 3.63) is 0 Å². The Labute approximate surface area is 95.7 Å². The lowest BCUT2D eigenvalue weighted by Crippen LogP contribution is -2.37. The largest absolute Gasteiger partial charge is 0.359 e. The van der Waals surface area contributed by atoms with Gasteiger partial charge in [-0.1, -0.05) is 18.7 Å². The lowest BCUT2D eigenvalue weighted by atomic mass is 10.1. The molecular weight excluding hydrogens is 212 g/mol. The molecule has 0 spiro atoms. The predicted octanol–water partition coefficient (Wildman–Crippen LogP) is 2.60. The average molecular weight is 232 g/mol. The van der Waals surface area contributed by atoms with Crippen LogP contribution in [0.15, 0.2) is 4.99 Å². The van der Waals surface area contributed by atoms with Crippen LogP contribution in [-0.4, -0.2) is 34.5 Å². The molecule has 0 amide bonds. The Balaban J connectivity index is 2.51. The average Bonchev–Trinajstić information content (AvgIpc) is 2.45. The number of thioether (sulfide) groups is 2. The molecule has 1 aliphatic rings. The van der Waals surface area contributed by atoms with Crippen molar-refractivity contribution >= 4 is 28.7 Å². The van der Waals surface area contributed by atoms with Crippen LogP contribution in [0.2, 0.25) is 0 Å². The number of rotatable bonds is 4. The summed E-state index contributed by atoms with van der Waals surface area (Å²) in [6, 6.07) is 0.480. The monoisotopic (exact) mass is 232 g/mol. The number of aliphatic imine (C=N–C) groups is 1. The molecule has 0 aromatic rings. The molecule has 0 bridgehead atoms. The van der Waals surface area contributed by atoms with Crippen LogP contribution in [-0.2, 0) is 0 Å². The molecule has 82 valence electrons. The van der Waals surface area contributed by atoms with Crippen molar-refractivity contribution < 1.29 is 0 Å². The third kappa shape index (κ3) is 3.73. The van der Waals surface area contributed by atoms with Gasteiger partial charge in [-0.05, 0) is 26.5 Å². The van der Waals surface area contributed by atoms with E-state index in [9.17, 15) is 0 Å². The Morgan fingerprint density at radius 1 is 1.64 bits per heavy atom. The van der Waals surface area contributed by atoms with Gasteiger partial charge in [0.25, 0.3) is 0 Å². The van der Waals surface area contributed by atoms with E-state index in [0.717, 1.165) is 23.1 Å². The minimum Gasteiger partial charge on any atom is -0.359 e. The van der Waals surface area contributed by atoms with E-state index in [1.54, 1.807) is 0 Å². The van der Waals surface area contributed by atoms with Crippen molar-refractivity contribution in [2.24, 2.45) is 4.99 Å². The topological polar surface area (TPSA) is 24.4 Å². The third-order valence-electron chi connectivity index (χ3n) is 2.15. The standard InChI is InChI=1S/C10H20N2S2/c1-5-8(6-13-4)11-9-12-10(2,3)7-14-9/h8H,5-7H2,1-4H3,(H,11,12). The number of amidine groups is 1. The molecule has 0 radical (unpaired) electrons. The molecule has 0 aliphatic carbocycles. The van der Waals surface area contributed by atoms with Crippen molar-refractivity contribution in [2.75, 3.05) is 17.8 Å². The minimum absolute atomic E-state index is 0.223. The van der Waals surface area contributed by atoms with E-state index < -0.39 is 0 Å². The van der Waals surface area contributed by atoms with Gasteiger partial charge in [-0.25, -0.2) is 0 Å². The summed E-state index contributed by atoms with van der Waals surface area (Å²) in [6.45, 7) is 6.64. The smallest absolute Gasteiger partial charge is 0.157 e. The van der Waals surface area contributed by atoms with Crippen LogP contribution in [0.3, 0.4) is 0 Å². The highest BCUT2D eigenvalue weighted by molar-refractivity contribution is 8.14. The molecule has 2 nitrogen and oxygen atoms in total. The summed E-state index contributed by atoms with van der Waals surface area (Å²) < 4.78 is 0. The highest BCUT2D eigenvalue weighted by atomic mass is 32.2. The maximum absolute atomic E-state index is 4.73. The summed E-state index contributed by atoms with van der Waals surface area (Å²) in [6.07, 6.45) is 3.27. The van der Waals surface area contributed by atoms with E-state index in [1.807, 2.05) is 23.5 Å². The van der Waals surface area contributed by atoms with E-state index in [2.05, 4.69) is 32.3 Å². The molecule has 4 heteroatoms. The van der Waals surface area contributed by atoms with Gasteiger partial charge in [-0.15, -0.1) is 0 Å². The normalized spacial score (nSPS) is 25.0. The van der Waals surface area contributed by atoms with Crippen molar-refractivity contribution in [2.45, 2.75) is 38.8 Å². The van der Waals surface area contributed by atoms with Crippen molar-refractivity contribution in [1.29, 1.82) is 0 Å². The maximum Gasteiger partial charge on any atom is 0.157 e. The SMILES string of the molecule is CCC(CSC)N=C1NC(C)(C)CS1. The maximum atomic E-state index is 4.73. The van der Waals surface area contributed by atoms with E-state index in [0.29, 0.717) is 6.04 Å².